The lowest BCUT2D eigenvalue weighted by atomic mass is 9.95. The van der Waals surface area contributed by atoms with Gasteiger partial charge in [-0.25, -0.2) is 4.98 Å². The summed E-state index contributed by atoms with van der Waals surface area (Å²) < 4.78 is 2.38. The minimum atomic E-state index is -0.212. The first-order chi connectivity index (χ1) is 31.2. The lowest BCUT2D eigenvalue weighted by Crippen LogP contribution is -2.24. The number of allylic oxidation sites excluding steroid dienone is 1. The summed E-state index contributed by atoms with van der Waals surface area (Å²) in [7, 11) is 0. The molecule has 1 unspecified atom stereocenters. The van der Waals surface area contributed by atoms with E-state index in [1.807, 2.05) is 6.07 Å². The van der Waals surface area contributed by atoms with Gasteiger partial charge in [0.2, 0.25) is 0 Å². The van der Waals surface area contributed by atoms with Crippen molar-refractivity contribution in [1.82, 2.24) is 20.2 Å². The minimum absolute atomic E-state index is 0.212. The number of nitrogens with one attached hydrogen (secondary N) is 2. The quantitative estimate of drug-likeness (QED) is 0.169. The first kappa shape index (κ1) is 36.6. The molecule has 63 heavy (non-hydrogen) atoms. The van der Waals surface area contributed by atoms with Crippen molar-refractivity contribution in [2.75, 3.05) is 0 Å². The molecule has 0 amide bonds. The normalized spacial score (nSPS) is 14.5. The molecule has 3 heterocycles. The summed E-state index contributed by atoms with van der Waals surface area (Å²) in [5.41, 5.74) is 16.8. The number of hydrogen-bond acceptors (Lipinski definition) is 4. The molecule has 0 radical (unpaired) electrons. The fraction of sp³-hybridized carbons (Fsp3) is 0.0345. The molecular formula is C58H41N5. The Morgan fingerprint density at radius 1 is 0.508 bits per heavy atom. The summed E-state index contributed by atoms with van der Waals surface area (Å²) in [5, 5.41) is 12.0. The highest BCUT2D eigenvalue weighted by molar-refractivity contribution is 6.14. The first-order valence-corrected chi connectivity index (χ1v) is 21.6. The zero-order valence-corrected chi connectivity index (χ0v) is 34.4. The maximum Gasteiger partial charge on any atom is 0.146 e. The van der Waals surface area contributed by atoms with Gasteiger partial charge in [-0.3, -0.25) is 9.56 Å². The summed E-state index contributed by atoms with van der Waals surface area (Å²) in [4.78, 5) is 10.7. The van der Waals surface area contributed by atoms with Gasteiger partial charge in [0.1, 0.15) is 12.0 Å². The van der Waals surface area contributed by atoms with Crippen LogP contribution in [0.1, 0.15) is 34.0 Å². The van der Waals surface area contributed by atoms with Crippen LogP contribution in [-0.4, -0.2) is 15.3 Å². The molecule has 1 atom stereocenters. The van der Waals surface area contributed by atoms with E-state index in [1.165, 1.54) is 38.4 Å². The summed E-state index contributed by atoms with van der Waals surface area (Å²) in [6.45, 7) is 0.726. The summed E-state index contributed by atoms with van der Waals surface area (Å²) >= 11 is 0. The third kappa shape index (κ3) is 6.50. The van der Waals surface area contributed by atoms with Crippen molar-refractivity contribution < 1.29 is 0 Å². The molecule has 0 saturated heterocycles. The molecule has 1 aromatic heterocycles. The Hall–Kier alpha value is -8.28. The highest BCUT2D eigenvalue weighted by Gasteiger charge is 2.25. The molecule has 10 aromatic rings. The van der Waals surface area contributed by atoms with Gasteiger partial charge in [-0.15, -0.1) is 0 Å². The van der Waals surface area contributed by atoms with Crippen LogP contribution in [0.4, 0.5) is 0 Å². The maximum atomic E-state index is 5.54. The molecule has 2 N–H and O–H groups in total. The zero-order chi connectivity index (χ0) is 41.7. The van der Waals surface area contributed by atoms with Crippen LogP contribution < -0.4 is 10.6 Å². The van der Waals surface area contributed by atoms with Gasteiger partial charge >= 0.3 is 0 Å². The van der Waals surface area contributed by atoms with Crippen molar-refractivity contribution in [3.63, 3.8) is 0 Å². The molecule has 0 saturated carbocycles. The first-order valence-electron chi connectivity index (χ1n) is 21.6. The van der Waals surface area contributed by atoms with Crippen molar-refractivity contribution >= 4 is 50.1 Å². The minimum Gasteiger partial charge on any atom is -0.387 e. The van der Waals surface area contributed by atoms with E-state index in [2.05, 4.69) is 228 Å². The predicted molar refractivity (Wildman–Crippen MR) is 262 cm³/mol. The number of aromatic nitrogens is 2. The molecule has 0 spiro atoms. The van der Waals surface area contributed by atoms with Gasteiger partial charge in [0.25, 0.3) is 0 Å². The van der Waals surface area contributed by atoms with Crippen LogP contribution >= 0.6 is 0 Å². The van der Waals surface area contributed by atoms with E-state index in [-0.39, 0.29) is 6.17 Å². The van der Waals surface area contributed by atoms with Crippen molar-refractivity contribution in [3.05, 3.63) is 240 Å². The van der Waals surface area contributed by atoms with E-state index >= 15 is 0 Å². The van der Waals surface area contributed by atoms with Crippen LogP contribution in [0, 0.1) is 0 Å². The molecular weight excluding hydrogens is 767 g/mol. The Morgan fingerprint density at radius 2 is 1.10 bits per heavy atom. The van der Waals surface area contributed by atoms with Crippen molar-refractivity contribution in [1.29, 1.82) is 0 Å². The number of benzene rings is 9. The largest absolute Gasteiger partial charge is 0.387 e. The van der Waals surface area contributed by atoms with Crippen LogP contribution in [0.2, 0.25) is 0 Å². The molecule has 0 fully saturated rings. The highest BCUT2D eigenvalue weighted by Crippen LogP contribution is 2.41. The Morgan fingerprint density at radius 3 is 1.84 bits per heavy atom. The smallest absolute Gasteiger partial charge is 0.146 e. The third-order valence-electron chi connectivity index (χ3n) is 12.5. The van der Waals surface area contributed by atoms with Crippen molar-refractivity contribution in [2.24, 2.45) is 4.99 Å². The predicted octanol–water partition coefficient (Wildman–Crippen LogP) is 13.5. The highest BCUT2D eigenvalue weighted by atomic mass is 15.1. The molecule has 298 valence electrons. The zero-order valence-electron chi connectivity index (χ0n) is 34.4. The van der Waals surface area contributed by atoms with Crippen LogP contribution in [0.3, 0.4) is 0 Å². The van der Waals surface area contributed by atoms with Gasteiger partial charge < -0.3 is 10.6 Å². The Labute approximate surface area is 366 Å². The van der Waals surface area contributed by atoms with E-state index in [4.69, 9.17) is 9.98 Å². The molecule has 2 aliphatic heterocycles. The molecule has 5 nitrogen and oxygen atoms in total. The number of rotatable bonds is 7. The average Bonchev–Trinajstić information content (AvgIpc) is 3.78. The van der Waals surface area contributed by atoms with Gasteiger partial charge in [0, 0.05) is 34.4 Å². The van der Waals surface area contributed by atoms with E-state index in [0.29, 0.717) is 0 Å². The SMILES string of the molecule is C1=Cc2c(c3c(nc(-c4cccc5ccccc45)n3-c3ccc(-c4ccc(C5=CC(c6ccc(-c7ccccc7)cc6)=NC(c6ccccc6)N5)cc4)cc3)c3ccccc23)CN1. The number of nitrogens with zero attached hydrogens (tertiary/aromatic N) is 3. The maximum absolute atomic E-state index is 5.54. The van der Waals surface area contributed by atoms with E-state index in [1.54, 1.807) is 0 Å². The Balaban J connectivity index is 0.918. The third-order valence-corrected chi connectivity index (χ3v) is 12.5. The van der Waals surface area contributed by atoms with Crippen LogP contribution in [0.15, 0.2) is 217 Å². The monoisotopic (exact) mass is 807 g/mol. The topological polar surface area (TPSA) is 54.2 Å². The summed E-state index contributed by atoms with van der Waals surface area (Å²) in [5.74, 6) is 0.934. The Kier molecular flexibility index (Phi) is 8.89. The molecule has 0 bridgehead atoms. The lowest BCUT2D eigenvalue weighted by Gasteiger charge is -2.25. The van der Waals surface area contributed by atoms with E-state index in [0.717, 1.165) is 79.3 Å². The second-order valence-electron chi connectivity index (χ2n) is 16.2. The van der Waals surface area contributed by atoms with Crippen LogP contribution in [0.25, 0.3) is 83.7 Å². The van der Waals surface area contributed by atoms with Gasteiger partial charge in [-0.2, -0.15) is 0 Å². The second-order valence-corrected chi connectivity index (χ2v) is 16.2. The number of fused-ring (bicyclic) bond motifs is 7. The molecule has 2 aliphatic rings. The van der Waals surface area contributed by atoms with Crippen molar-refractivity contribution in [3.8, 4) is 39.3 Å². The molecule has 5 heteroatoms. The summed E-state index contributed by atoms with van der Waals surface area (Å²) in [6.07, 6.45) is 6.24. The van der Waals surface area contributed by atoms with Gasteiger partial charge in [0.15, 0.2) is 0 Å². The lowest BCUT2D eigenvalue weighted by molar-refractivity contribution is 0.664. The average molecular weight is 808 g/mol. The fourth-order valence-corrected chi connectivity index (χ4v) is 9.39. The van der Waals surface area contributed by atoms with Crippen LogP contribution in [-0.2, 0) is 6.54 Å². The van der Waals surface area contributed by atoms with Crippen LogP contribution in [0.5, 0.6) is 0 Å². The summed E-state index contributed by atoms with van der Waals surface area (Å²) in [6, 6.07) is 71.3. The van der Waals surface area contributed by atoms with E-state index in [9.17, 15) is 0 Å². The van der Waals surface area contributed by atoms with Crippen molar-refractivity contribution in [2.45, 2.75) is 12.7 Å². The number of aliphatic imine (C=N–C) groups is 1. The number of hydrogen-bond donors (Lipinski definition) is 2. The standard InChI is InChI=1S/C58H41N5/c1-3-12-38(13-4-1)39-22-26-43(27-23-39)53-36-54(61-57(60-53)45-15-5-2-6-16-45)44-28-24-40(25-29-44)41-30-32-46(33-31-41)63-56-52-37-59-35-34-49(52)48-19-9-10-20-50(48)55(56)62-58(63)51-21-11-17-42-14-7-8-18-47(42)51/h1-36,57,59,61H,37H2. The Bertz CT molecular complexity index is 3430. The molecule has 12 rings (SSSR count). The van der Waals surface area contributed by atoms with Gasteiger partial charge in [0.05, 0.1) is 16.7 Å². The van der Waals surface area contributed by atoms with E-state index < -0.39 is 0 Å². The molecule has 9 aromatic carbocycles. The fourth-order valence-electron chi connectivity index (χ4n) is 9.39. The number of imidazole rings is 1. The molecule has 0 aliphatic carbocycles. The second kappa shape index (κ2) is 15.3. The van der Waals surface area contributed by atoms with Gasteiger partial charge in [-0.05, 0) is 91.2 Å². The van der Waals surface area contributed by atoms with Gasteiger partial charge in [-0.1, -0.05) is 188 Å².